The van der Waals surface area contributed by atoms with Crippen LogP contribution >= 0.6 is 0 Å². The number of hydrogen-bond donors (Lipinski definition) is 1. The quantitative estimate of drug-likeness (QED) is 0.808. The molecule has 0 saturated heterocycles. The Hall–Kier alpha value is -1.48. The van der Waals surface area contributed by atoms with Crippen LogP contribution in [0.2, 0.25) is 0 Å². The van der Waals surface area contributed by atoms with Gasteiger partial charge in [-0.25, -0.2) is 0 Å². The van der Waals surface area contributed by atoms with Gasteiger partial charge in [0.1, 0.15) is 17.9 Å². The molecule has 0 aliphatic carbocycles. The van der Waals surface area contributed by atoms with E-state index in [1.807, 2.05) is 25.1 Å². The second-order valence-electron chi connectivity index (χ2n) is 3.21. The molecule has 0 unspecified atom stereocenters. The fourth-order valence-electron chi connectivity index (χ4n) is 1.41. The predicted molar refractivity (Wildman–Crippen MR) is 55.5 cm³/mol. The van der Waals surface area contributed by atoms with E-state index in [2.05, 4.69) is 0 Å². The highest BCUT2D eigenvalue weighted by Gasteiger charge is 2.02. The summed E-state index contributed by atoms with van der Waals surface area (Å²) in [5.41, 5.74) is 7.35. The fraction of sp³-hybridized carbons (Fsp3) is 0.273. The zero-order valence-corrected chi connectivity index (χ0v) is 8.12. The Morgan fingerprint density at radius 1 is 1.43 bits per heavy atom. The molecule has 0 atom stereocenters. The van der Waals surface area contributed by atoms with Crippen molar-refractivity contribution in [3.8, 4) is 5.75 Å². The monoisotopic (exact) mass is 191 g/mol. The van der Waals surface area contributed by atoms with E-state index in [1.54, 1.807) is 6.26 Å². The van der Waals surface area contributed by atoms with Crippen molar-refractivity contribution in [1.82, 2.24) is 0 Å². The molecule has 0 aliphatic heterocycles. The third-order valence-electron chi connectivity index (χ3n) is 2.13. The molecule has 3 heteroatoms. The smallest absolute Gasteiger partial charge is 0.137 e. The van der Waals surface area contributed by atoms with E-state index in [-0.39, 0.29) is 0 Å². The molecule has 1 heterocycles. The number of ether oxygens (including phenoxy) is 1. The maximum atomic E-state index is 5.39. The van der Waals surface area contributed by atoms with Gasteiger partial charge in [0.15, 0.2) is 0 Å². The van der Waals surface area contributed by atoms with Crippen LogP contribution in [0.1, 0.15) is 5.56 Å². The molecule has 2 N–H and O–H groups in total. The molecule has 0 spiro atoms. The van der Waals surface area contributed by atoms with Gasteiger partial charge in [0.25, 0.3) is 0 Å². The topological polar surface area (TPSA) is 48.4 Å². The molecule has 0 saturated carbocycles. The molecule has 74 valence electrons. The molecule has 2 rings (SSSR count). The van der Waals surface area contributed by atoms with E-state index in [4.69, 9.17) is 14.9 Å². The minimum absolute atomic E-state index is 0.523. The van der Waals surface area contributed by atoms with Crippen LogP contribution in [-0.4, -0.2) is 13.2 Å². The highest BCUT2D eigenvalue weighted by atomic mass is 16.5. The number of nitrogens with two attached hydrogens (primary N) is 1. The minimum Gasteiger partial charge on any atom is -0.492 e. The first kappa shape index (κ1) is 9.09. The lowest BCUT2D eigenvalue weighted by Crippen LogP contribution is -2.10. The molecular formula is C11H13NO2. The van der Waals surface area contributed by atoms with Gasteiger partial charge in [0.2, 0.25) is 0 Å². The summed E-state index contributed by atoms with van der Waals surface area (Å²) >= 11 is 0. The summed E-state index contributed by atoms with van der Waals surface area (Å²) in [5, 5.41) is 1.13. The second kappa shape index (κ2) is 3.72. The summed E-state index contributed by atoms with van der Waals surface area (Å²) in [6.07, 6.45) is 1.75. The first-order chi connectivity index (χ1) is 6.81. The fourth-order valence-corrected chi connectivity index (χ4v) is 1.41. The van der Waals surface area contributed by atoms with Gasteiger partial charge in [-0.1, -0.05) is 0 Å². The average Bonchev–Trinajstić information content (AvgIpc) is 2.57. The second-order valence-corrected chi connectivity index (χ2v) is 3.21. The molecule has 14 heavy (non-hydrogen) atoms. The number of furan rings is 1. The van der Waals surface area contributed by atoms with Crippen LogP contribution in [0.15, 0.2) is 28.9 Å². The molecule has 0 fully saturated rings. The molecule has 0 radical (unpaired) electrons. The van der Waals surface area contributed by atoms with Crippen LogP contribution in [0.4, 0.5) is 0 Å². The van der Waals surface area contributed by atoms with E-state index in [1.165, 1.54) is 0 Å². The van der Waals surface area contributed by atoms with Gasteiger partial charge in [-0.3, -0.25) is 0 Å². The highest BCUT2D eigenvalue weighted by molar-refractivity contribution is 5.81. The number of aryl methyl sites for hydroxylation is 1. The van der Waals surface area contributed by atoms with Crippen LogP contribution in [0.25, 0.3) is 11.0 Å². The lowest BCUT2D eigenvalue weighted by molar-refractivity contribution is 0.328. The van der Waals surface area contributed by atoms with E-state index < -0.39 is 0 Å². The third kappa shape index (κ3) is 1.59. The molecular weight excluding hydrogens is 178 g/mol. The Balaban J connectivity index is 2.32. The Morgan fingerprint density at radius 3 is 3.07 bits per heavy atom. The Morgan fingerprint density at radius 2 is 2.29 bits per heavy atom. The van der Waals surface area contributed by atoms with E-state index in [9.17, 15) is 0 Å². The lowest BCUT2D eigenvalue weighted by atomic mass is 10.2. The predicted octanol–water partition coefficient (Wildman–Crippen LogP) is 2.08. The van der Waals surface area contributed by atoms with Gasteiger partial charge in [0.05, 0.1) is 6.26 Å². The van der Waals surface area contributed by atoms with Gasteiger partial charge < -0.3 is 14.9 Å². The molecule has 3 nitrogen and oxygen atoms in total. The van der Waals surface area contributed by atoms with Crippen LogP contribution in [0.5, 0.6) is 5.75 Å². The summed E-state index contributed by atoms with van der Waals surface area (Å²) in [4.78, 5) is 0. The first-order valence-corrected chi connectivity index (χ1v) is 4.62. The molecule has 0 aliphatic rings. The number of hydrogen-bond acceptors (Lipinski definition) is 3. The Labute approximate surface area is 82.5 Å². The van der Waals surface area contributed by atoms with Gasteiger partial charge in [0, 0.05) is 18.0 Å². The average molecular weight is 191 g/mol. The van der Waals surface area contributed by atoms with Gasteiger partial charge >= 0.3 is 0 Å². The van der Waals surface area contributed by atoms with E-state index >= 15 is 0 Å². The summed E-state index contributed by atoms with van der Waals surface area (Å²) in [5.74, 6) is 0.803. The van der Waals surface area contributed by atoms with Gasteiger partial charge in [-0.2, -0.15) is 0 Å². The molecule has 2 aromatic rings. The Kier molecular flexibility index (Phi) is 2.41. The van der Waals surface area contributed by atoms with Gasteiger partial charge in [-0.05, 0) is 24.6 Å². The van der Waals surface area contributed by atoms with Crippen molar-refractivity contribution in [3.05, 3.63) is 30.0 Å². The van der Waals surface area contributed by atoms with Crippen LogP contribution in [0, 0.1) is 6.92 Å². The largest absolute Gasteiger partial charge is 0.492 e. The van der Waals surface area contributed by atoms with Gasteiger partial charge in [-0.15, -0.1) is 0 Å². The summed E-state index contributed by atoms with van der Waals surface area (Å²) in [7, 11) is 0. The summed E-state index contributed by atoms with van der Waals surface area (Å²) < 4.78 is 10.7. The first-order valence-electron chi connectivity index (χ1n) is 4.62. The number of fused-ring (bicyclic) bond motifs is 1. The van der Waals surface area contributed by atoms with Crippen molar-refractivity contribution < 1.29 is 9.15 Å². The number of rotatable bonds is 3. The zero-order chi connectivity index (χ0) is 9.97. The van der Waals surface area contributed by atoms with Crippen molar-refractivity contribution >= 4 is 11.0 Å². The summed E-state index contributed by atoms with van der Waals surface area (Å²) in [6.45, 7) is 3.08. The van der Waals surface area contributed by atoms with E-state index in [0.29, 0.717) is 13.2 Å². The van der Waals surface area contributed by atoms with Crippen LogP contribution in [0.3, 0.4) is 0 Å². The van der Waals surface area contributed by atoms with Crippen molar-refractivity contribution in [2.24, 2.45) is 5.73 Å². The standard InChI is InChI=1S/C11H13NO2/c1-8-7-14-11-6-9(13-5-4-12)2-3-10(8)11/h2-3,6-7H,4-5,12H2,1H3. The third-order valence-corrected chi connectivity index (χ3v) is 2.13. The molecule has 1 aromatic heterocycles. The normalized spacial score (nSPS) is 10.7. The maximum absolute atomic E-state index is 5.39. The van der Waals surface area contributed by atoms with Crippen molar-refractivity contribution in [3.63, 3.8) is 0 Å². The van der Waals surface area contributed by atoms with Crippen molar-refractivity contribution in [2.75, 3.05) is 13.2 Å². The number of benzene rings is 1. The van der Waals surface area contributed by atoms with Crippen molar-refractivity contribution in [2.45, 2.75) is 6.92 Å². The summed E-state index contributed by atoms with van der Waals surface area (Å²) in [6, 6.07) is 5.82. The molecule has 1 aromatic carbocycles. The van der Waals surface area contributed by atoms with Crippen molar-refractivity contribution in [1.29, 1.82) is 0 Å². The Bertz CT molecular complexity index is 434. The molecule has 0 bridgehead atoms. The van der Waals surface area contributed by atoms with Crippen LogP contribution < -0.4 is 10.5 Å². The zero-order valence-electron chi connectivity index (χ0n) is 8.12. The SMILES string of the molecule is Cc1coc2cc(OCCN)ccc12. The minimum atomic E-state index is 0.523. The maximum Gasteiger partial charge on any atom is 0.137 e. The highest BCUT2D eigenvalue weighted by Crippen LogP contribution is 2.24. The van der Waals surface area contributed by atoms with Crippen LogP contribution in [-0.2, 0) is 0 Å². The lowest BCUT2D eigenvalue weighted by Gasteiger charge is -2.03. The van der Waals surface area contributed by atoms with E-state index in [0.717, 1.165) is 22.3 Å². The molecule has 0 amide bonds.